The van der Waals surface area contributed by atoms with Gasteiger partial charge in [-0.2, -0.15) is 0 Å². The number of benzene rings is 2. The fourth-order valence-corrected chi connectivity index (χ4v) is 2.88. The first-order chi connectivity index (χ1) is 13.0. The van der Waals surface area contributed by atoms with Crippen molar-refractivity contribution in [3.8, 4) is 11.4 Å². The van der Waals surface area contributed by atoms with E-state index in [9.17, 15) is 10.1 Å². The van der Waals surface area contributed by atoms with Crippen molar-refractivity contribution < 1.29 is 9.34 Å². The van der Waals surface area contributed by atoms with E-state index in [0.29, 0.717) is 11.4 Å². The SMILES string of the molecule is Cc1ccc(-c2nc3cc(N=Cc4ccc([N+](=O)[O-])o4)ccc3n2C)cc1. The summed E-state index contributed by atoms with van der Waals surface area (Å²) in [6.45, 7) is 2.05. The van der Waals surface area contributed by atoms with Gasteiger partial charge in [0.05, 0.1) is 29.0 Å². The highest BCUT2D eigenvalue weighted by molar-refractivity contribution is 5.85. The number of aromatic nitrogens is 2. The Kier molecular flexibility index (Phi) is 4.04. The molecule has 27 heavy (non-hydrogen) atoms. The van der Waals surface area contributed by atoms with Gasteiger partial charge in [0.25, 0.3) is 0 Å². The number of aryl methyl sites for hydroxylation is 2. The second-order valence-corrected chi connectivity index (χ2v) is 6.22. The Hall–Kier alpha value is -3.74. The van der Waals surface area contributed by atoms with E-state index in [1.807, 2.05) is 29.8 Å². The number of imidazole rings is 1. The smallest absolute Gasteiger partial charge is 0.400 e. The predicted octanol–water partition coefficient (Wildman–Crippen LogP) is 4.80. The molecule has 0 fully saturated rings. The van der Waals surface area contributed by atoms with Gasteiger partial charge in [-0.25, -0.2) is 4.98 Å². The van der Waals surface area contributed by atoms with E-state index in [2.05, 4.69) is 36.2 Å². The number of nitro groups is 1. The van der Waals surface area contributed by atoms with Crippen LogP contribution in [-0.4, -0.2) is 20.7 Å². The topological polar surface area (TPSA) is 86.5 Å². The number of furan rings is 1. The van der Waals surface area contributed by atoms with E-state index in [1.165, 1.54) is 23.9 Å². The molecule has 0 saturated carbocycles. The molecule has 2 aromatic heterocycles. The highest BCUT2D eigenvalue weighted by atomic mass is 16.6. The van der Waals surface area contributed by atoms with Gasteiger partial charge in [0.15, 0.2) is 5.76 Å². The van der Waals surface area contributed by atoms with Crippen molar-refractivity contribution in [1.29, 1.82) is 0 Å². The third kappa shape index (κ3) is 3.22. The third-order valence-electron chi connectivity index (χ3n) is 4.31. The van der Waals surface area contributed by atoms with Crippen molar-refractivity contribution in [3.05, 3.63) is 76.0 Å². The van der Waals surface area contributed by atoms with Gasteiger partial charge in [0.2, 0.25) is 0 Å². The van der Waals surface area contributed by atoms with E-state index < -0.39 is 4.92 Å². The van der Waals surface area contributed by atoms with Gasteiger partial charge in [-0.1, -0.05) is 29.8 Å². The fourth-order valence-electron chi connectivity index (χ4n) is 2.88. The molecule has 0 aliphatic carbocycles. The summed E-state index contributed by atoms with van der Waals surface area (Å²) < 4.78 is 7.12. The molecular formula is C20H16N4O3. The molecule has 0 radical (unpaired) electrons. The summed E-state index contributed by atoms with van der Waals surface area (Å²) in [4.78, 5) is 19.1. The first-order valence-electron chi connectivity index (χ1n) is 8.33. The van der Waals surface area contributed by atoms with Crippen LogP contribution in [0.3, 0.4) is 0 Å². The quantitative estimate of drug-likeness (QED) is 0.297. The van der Waals surface area contributed by atoms with Crippen LogP contribution in [0, 0.1) is 17.0 Å². The minimum absolute atomic E-state index is 0.306. The number of hydrogen-bond donors (Lipinski definition) is 0. The van der Waals surface area contributed by atoms with Crippen LogP contribution in [0.2, 0.25) is 0 Å². The van der Waals surface area contributed by atoms with Crippen LogP contribution in [0.25, 0.3) is 22.4 Å². The maximum absolute atomic E-state index is 10.7. The Morgan fingerprint density at radius 2 is 1.93 bits per heavy atom. The zero-order valence-electron chi connectivity index (χ0n) is 14.8. The number of nitrogens with zero attached hydrogens (tertiary/aromatic N) is 4. The summed E-state index contributed by atoms with van der Waals surface area (Å²) in [5.41, 5.74) is 4.76. The maximum Gasteiger partial charge on any atom is 0.433 e. The summed E-state index contributed by atoms with van der Waals surface area (Å²) in [5, 5.41) is 10.7. The van der Waals surface area contributed by atoms with E-state index in [1.54, 1.807) is 0 Å². The Labute approximate surface area is 154 Å². The van der Waals surface area contributed by atoms with Gasteiger partial charge in [-0.05, 0) is 31.2 Å². The molecule has 4 aromatic rings. The molecule has 0 bridgehead atoms. The highest BCUT2D eigenvalue weighted by Gasteiger charge is 2.11. The van der Waals surface area contributed by atoms with E-state index in [4.69, 9.17) is 9.40 Å². The Morgan fingerprint density at radius 1 is 1.15 bits per heavy atom. The average Bonchev–Trinajstić information content (AvgIpc) is 3.26. The molecule has 0 aliphatic rings. The molecule has 0 saturated heterocycles. The monoisotopic (exact) mass is 360 g/mol. The molecular weight excluding hydrogens is 344 g/mol. The lowest BCUT2D eigenvalue weighted by Crippen LogP contribution is -1.92. The Bertz CT molecular complexity index is 1170. The van der Waals surface area contributed by atoms with Crippen molar-refractivity contribution in [2.75, 3.05) is 0 Å². The number of rotatable bonds is 4. The molecule has 0 amide bonds. The zero-order chi connectivity index (χ0) is 19.0. The number of aliphatic imine (C=N–C) groups is 1. The Balaban J connectivity index is 1.66. The minimum atomic E-state index is -0.579. The van der Waals surface area contributed by atoms with Crippen LogP contribution in [0.5, 0.6) is 0 Å². The molecule has 134 valence electrons. The normalized spacial score (nSPS) is 11.5. The standard InChI is InChI=1S/C20H16N4O3/c1-13-3-5-14(6-4-13)20-22-17-11-15(7-9-18(17)23(20)2)21-12-16-8-10-19(27-16)24(25)26/h3-12H,1-2H3. The van der Waals surface area contributed by atoms with Crippen LogP contribution < -0.4 is 0 Å². The summed E-state index contributed by atoms with van der Waals surface area (Å²) >= 11 is 0. The lowest BCUT2D eigenvalue weighted by molar-refractivity contribution is -0.402. The Morgan fingerprint density at radius 3 is 2.63 bits per heavy atom. The highest BCUT2D eigenvalue weighted by Crippen LogP contribution is 2.27. The first kappa shape index (κ1) is 16.7. The van der Waals surface area contributed by atoms with Crippen LogP contribution in [0.4, 0.5) is 11.6 Å². The summed E-state index contributed by atoms with van der Waals surface area (Å²) in [7, 11) is 1.98. The van der Waals surface area contributed by atoms with Crippen LogP contribution in [0.15, 0.2) is 64.0 Å². The maximum atomic E-state index is 10.7. The molecule has 0 aliphatic heterocycles. The second-order valence-electron chi connectivity index (χ2n) is 6.22. The molecule has 2 aromatic carbocycles. The minimum Gasteiger partial charge on any atom is -0.400 e. The van der Waals surface area contributed by atoms with Crippen molar-refractivity contribution >= 4 is 28.8 Å². The second kappa shape index (κ2) is 6.53. The van der Waals surface area contributed by atoms with Gasteiger partial charge in [0, 0.05) is 12.6 Å². The molecule has 7 heteroatoms. The van der Waals surface area contributed by atoms with Gasteiger partial charge >= 0.3 is 5.88 Å². The molecule has 0 spiro atoms. The lowest BCUT2D eigenvalue weighted by Gasteiger charge is -2.02. The first-order valence-corrected chi connectivity index (χ1v) is 8.33. The number of hydrogen-bond acceptors (Lipinski definition) is 5. The average molecular weight is 360 g/mol. The van der Waals surface area contributed by atoms with Gasteiger partial charge in [-0.15, -0.1) is 0 Å². The van der Waals surface area contributed by atoms with Crippen LogP contribution >= 0.6 is 0 Å². The molecule has 7 nitrogen and oxygen atoms in total. The molecule has 2 heterocycles. The predicted molar refractivity (Wildman–Crippen MR) is 104 cm³/mol. The summed E-state index contributed by atoms with van der Waals surface area (Å²) in [5.74, 6) is 0.898. The summed E-state index contributed by atoms with van der Waals surface area (Å²) in [6, 6.07) is 16.8. The molecule has 4 rings (SSSR count). The van der Waals surface area contributed by atoms with Crippen LogP contribution in [0.1, 0.15) is 11.3 Å². The van der Waals surface area contributed by atoms with Crippen molar-refractivity contribution in [2.24, 2.45) is 12.0 Å². The van der Waals surface area contributed by atoms with Crippen molar-refractivity contribution in [1.82, 2.24) is 9.55 Å². The van der Waals surface area contributed by atoms with Crippen molar-refractivity contribution in [2.45, 2.75) is 6.92 Å². The third-order valence-corrected chi connectivity index (χ3v) is 4.31. The van der Waals surface area contributed by atoms with E-state index in [-0.39, 0.29) is 5.88 Å². The van der Waals surface area contributed by atoms with Crippen molar-refractivity contribution in [3.63, 3.8) is 0 Å². The van der Waals surface area contributed by atoms with Crippen LogP contribution in [-0.2, 0) is 7.05 Å². The molecule has 0 unspecified atom stereocenters. The zero-order valence-corrected chi connectivity index (χ0v) is 14.8. The lowest BCUT2D eigenvalue weighted by atomic mass is 10.1. The van der Waals surface area contributed by atoms with Gasteiger partial charge in [-0.3, -0.25) is 15.1 Å². The largest absolute Gasteiger partial charge is 0.433 e. The number of fused-ring (bicyclic) bond motifs is 1. The molecule has 0 N–H and O–H groups in total. The summed E-state index contributed by atoms with van der Waals surface area (Å²) in [6.07, 6.45) is 1.46. The van der Waals surface area contributed by atoms with Gasteiger partial charge < -0.3 is 8.98 Å². The molecule has 0 atom stereocenters. The van der Waals surface area contributed by atoms with Gasteiger partial charge in [0.1, 0.15) is 10.7 Å². The van der Waals surface area contributed by atoms with E-state index >= 15 is 0 Å². The fraction of sp³-hybridized carbons (Fsp3) is 0.100. The van der Waals surface area contributed by atoms with E-state index in [0.717, 1.165) is 22.4 Å².